The molecule has 4 bridgehead atoms. The number of aromatic nitrogens is 2. The Labute approximate surface area is 119 Å². The van der Waals surface area contributed by atoms with Gasteiger partial charge in [-0.3, -0.25) is 4.68 Å². The summed E-state index contributed by atoms with van der Waals surface area (Å²) in [7, 11) is 1.96. The van der Waals surface area contributed by atoms with Gasteiger partial charge in [-0.15, -0.1) is 0 Å². The number of hydrogen-bond acceptors (Lipinski definition) is 2. The zero-order chi connectivity index (χ0) is 13.1. The van der Waals surface area contributed by atoms with Gasteiger partial charge in [0, 0.05) is 7.05 Å². The number of hydrogen-bond donors (Lipinski definition) is 1. The quantitative estimate of drug-likeness (QED) is 0.904. The summed E-state index contributed by atoms with van der Waals surface area (Å²) in [4.78, 5) is 0. The third kappa shape index (κ3) is 1.78. The van der Waals surface area contributed by atoms with E-state index in [1.54, 1.807) is 6.20 Å². The van der Waals surface area contributed by atoms with Crippen LogP contribution in [0.2, 0.25) is 5.02 Å². The molecule has 0 spiro atoms. The predicted molar refractivity (Wildman–Crippen MR) is 75.7 cm³/mol. The van der Waals surface area contributed by atoms with Crippen LogP contribution in [0.1, 0.15) is 43.8 Å². The lowest BCUT2D eigenvalue weighted by atomic mass is 9.50. The van der Waals surface area contributed by atoms with Crippen LogP contribution in [0.4, 0.5) is 0 Å². The zero-order valence-electron chi connectivity index (χ0n) is 11.4. The van der Waals surface area contributed by atoms with Gasteiger partial charge in [0.1, 0.15) is 0 Å². The molecule has 4 aliphatic rings. The van der Waals surface area contributed by atoms with Gasteiger partial charge >= 0.3 is 0 Å². The van der Waals surface area contributed by atoms with Crippen molar-refractivity contribution in [1.29, 1.82) is 0 Å². The summed E-state index contributed by atoms with van der Waals surface area (Å²) in [5.74, 6) is 4.27. The monoisotopic (exact) mass is 279 g/mol. The number of aryl methyl sites for hydroxylation is 1. The fourth-order valence-corrected chi connectivity index (χ4v) is 5.82. The lowest BCUT2D eigenvalue weighted by Gasteiger charge is -2.56. The predicted octanol–water partition coefficient (Wildman–Crippen LogP) is 3.15. The van der Waals surface area contributed by atoms with Crippen molar-refractivity contribution in [3.63, 3.8) is 0 Å². The molecular formula is C15H22ClN3. The third-order valence-corrected chi connectivity index (χ3v) is 6.26. The molecule has 4 fully saturated rings. The minimum absolute atomic E-state index is 0.0648. The lowest BCUT2D eigenvalue weighted by Crippen LogP contribution is -2.49. The summed E-state index contributed by atoms with van der Waals surface area (Å²) in [5, 5.41) is 4.99. The van der Waals surface area contributed by atoms with Gasteiger partial charge in [0.15, 0.2) is 0 Å². The molecule has 1 heterocycles. The maximum absolute atomic E-state index is 6.62. The highest BCUT2D eigenvalue weighted by Crippen LogP contribution is 2.59. The highest BCUT2D eigenvalue weighted by Gasteiger charge is 2.50. The van der Waals surface area contributed by atoms with Crippen molar-refractivity contribution in [2.75, 3.05) is 0 Å². The molecule has 1 aromatic heterocycles. The first-order chi connectivity index (χ1) is 9.13. The number of nitrogens with zero attached hydrogens (tertiary/aromatic N) is 2. The molecule has 1 unspecified atom stereocenters. The van der Waals surface area contributed by atoms with Gasteiger partial charge in [0.25, 0.3) is 0 Å². The lowest BCUT2D eigenvalue weighted by molar-refractivity contribution is -0.0480. The van der Waals surface area contributed by atoms with E-state index in [-0.39, 0.29) is 6.04 Å². The number of halogens is 1. The van der Waals surface area contributed by atoms with Crippen LogP contribution >= 0.6 is 11.6 Å². The zero-order valence-corrected chi connectivity index (χ0v) is 12.2. The Hall–Kier alpha value is -0.540. The molecule has 3 nitrogen and oxygen atoms in total. The summed E-state index contributed by atoms with van der Waals surface area (Å²) in [6.45, 7) is 0. The molecule has 19 heavy (non-hydrogen) atoms. The van der Waals surface area contributed by atoms with E-state index in [1.807, 2.05) is 11.7 Å². The van der Waals surface area contributed by atoms with Crippen LogP contribution in [0.15, 0.2) is 6.20 Å². The largest absolute Gasteiger partial charge is 0.322 e. The topological polar surface area (TPSA) is 43.8 Å². The molecule has 1 atom stereocenters. The van der Waals surface area contributed by atoms with Crippen molar-refractivity contribution < 1.29 is 0 Å². The average molecular weight is 280 g/mol. The first-order valence-corrected chi connectivity index (χ1v) is 7.94. The van der Waals surface area contributed by atoms with E-state index in [0.29, 0.717) is 5.92 Å². The average Bonchev–Trinajstić information content (AvgIpc) is 2.67. The van der Waals surface area contributed by atoms with Crippen molar-refractivity contribution >= 4 is 11.6 Å². The third-order valence-electron chi connectivity index (χ3n) is 5.97. The van der Waals surface area contributed by atoms with Gasteiger partial charge < -0.3 is 5.73 Å². The second-order valence-electron chi connectivity index (χ2n) is 7.04. The van der Waals surface area contributed by atoms with Crippen LogP contribution in [-0.2, 0) is 7.05 Å². The van der Waals surface area contributed by atoms with Crippen LogP contribution in [0.25, 0.3) is 0 Å². The van der Waals surface area contributed by atoms with Crippen molar-refractivity contribution in [3.8, 4) is 0 Å². The normalized spacial score (nSPS) is 41.7. The number of rotatable bonds is 2. The van der Waals surface area contributed by atoms with E-state index in [0.717, 1.165) is 34.4 Å². The molecule has 4 saturated carbocycles. The molecule has 5 rings (SSSR count). The van der Waals surface area contributed by atoms with Crippen molar-refractivity contribution in [2.24, 2.45) is 42.4 Å². The van der Waals surface area contributed by atoms with Gasteiger partial charge in [-0.2, -0.15) is 5.10 Å². The van der Waals surface area contributed by atoms with Crippen LogP contribution < -0.4 is 5.73 Å². The molecule has 0 aromatic carbocycles. The number of nitrogens with two attached hydrogens (primary N) is 1. The highest BCUT2D eigenvalue weighted by molar-refractivity contribution is 6.31. The van der Waals surface area contributed by atoms with Crippen LogP contribution in [0.3, 0.4) is 0 Å². The minimum atomic E-state index is 0.0648. The molecule has 0 saturated heterocycles. The van der Waals surface area contributed by atoms with Gasteiger partial charge in [-0.05, 0) is 61.7 Å². The van der Waals surface area contributed by atoms with Crippen LogP contribution in [0, 0.1) is 29.6 Å². The van der Waals surface area contributed by atoms with Gasteiger partial charge in [-0.25, -0.2) is 0 Å². The van der Waals surface area contributed by atoms with Gasteiger partial charge in [-0.1, -0.05) is 11.6 Å². The molecule has 0 amide bonds. The molecule has 0 aliphatic heterocycles. The molecule has 104 valence electrons. The smallest absolute Gasteiger partial charge is 0.0834 e. The first kappa shape index (κ1) is 12.2. The SMILES string of the molecule is Cn1ncc(Cl)c1C(N)C1C2CC3CC(C2)CC1C3. The molecular weight excluding hydrogens is 258 g/mol. The van der Waals surface area contributed by atoms with Crippen LogP contribution in [-0.4, -0.2) is 9.78 Å². The van der Waals surface area contributed by atoms with E-state index < -0.39 is 0 Å². The Morgan fingerprint density at radius 3 is 2.26 bits per heavy atom. The van der Waals surface area contributed by atoms with Gasteiger partial charge in [0.2, 0.25) is 0 Å². The first-order valence-electron chi connectivity index (χ1n) is 7.56. The summed E-state index contributed by atoms with van der Waals surface area (Å²) in [5.41, 5.74) is 7.66. The highest BCUT2D eigenvalue weighted by atomic mass is 35.5. The fourth-order valence-electron chi connectivity index (χ4n) is 5.53. The van der Waals surface area contributed by atoms with Crippen molar-refractivity contribution in [1.82, 2.24) is 9.78 Å². The van der Waals surface area contributed by atoms with E-state index >= 15 is 0 Å². The molecule has 1 aromatic rings. The van der Waals surface area contributed by atoms with Crippen molar-refractivity contribution in [3.05, 3.63) is 16.9 Å². The summed E-state index contributed by atoms with van der Waals surface area (Å²) in [6, 6.07) is 0.0648. The Morgan fingerprint density at radius 1 is 1.21 bits per heavy atom. The fraction of sp³-hybridized carbons (Fsp3) is 0.800. The van der Waals surface area contributed by atoms with E-state index in [4.69, 9.17) is 17.3 Å². The molecule has 4 heteroatoms. The van der Waals surface area contributed by atoms with E-state index in [9.17, 15) is 0 Å². The Kier molecular flexibility index (Phi) is 2.72. The standard InChI is InChI=1S/C15H22ClN3/c1-19-15(12(16)7-18-19)14(17)13-10-3-8-2-9(5-10)6-11(13)4-8/h7-11,13-14H,2-6,17H2,1H3. The summed E-state index contributed by atoms with van der Waals surface area (Å²) < 4.78 is 1.87. The minimum Gasteiger partial charge on any atom is -0.322 e. The second-order valence-corrected chi connectivity index (χ2v) is 7.44. The van der Waals surface area contributed by atoms with Gasteiger partial charge in [0.05, 0.1) is 23.0 Å². The van der Waals surface area contributed by atoms with Crippen molar-refractivity contribution in [2.45, 2.75) is 38.1 Å². The molecule has 2 N–H and O–H groups in total. The van der Waals surface area contributed by atoms with Crippen LogP contribution in [0.5, 0.6) is 0 Å². The second kappa shape index (κ2) is 4.23. The summed E-state index contributed by atoms with van der Waals surface area (Å²) in [6.07, 6.45) is 8.83. The Morgan fingerprint density at radius 2 is 1.79 bits per heavy atom. The van der Waals surface area contributed by atoms with E-state index in [1.165, 1.54) is 32.1 Å². The summed E-state index contributed by atoms with van der Waals surface area (Å²) >= 11 is 6.29. The molecule has 0 radical (unpaired) electrons. The maximum Gasteiger partial charge on any atom is 0.0834 e. The Balaban J connectivity index is 1.66. The molecule has 4 aliphatic carbocycles. The maximum atomic E-state index is 6.62. The Bertz CT molecular complexity index is 448. The van der Waals surface area contributed by atoms with E-state index in [2.05, 4.69) is 5.10 Å².